The Morgan fingerprint density at radius 1 is 1.00 bits per heavy atom. The fourth-order valence-corrected chi connectivity index (χ4v) is 4.17. The quantitative estimate of drug-likeness (QED) is 0.910. The Hall–Kier alpha value is -2.66. The molecule has 1 unspecified atom stereocenters. The molecule has 2 saturated heterocycles. The molecule has 3 atom stereocenters. The minimum Gasteiger partial charge on any atom is -0.340 e. The van der Waals surface area contributed by atoms with Crippen molar-refractivity contribution in [3.8, 4) is 0 Å². The van der Waals surface area contributed by atoms with E-state index in [1.165, 1.54) is 5.56 Å². The van der Waals surface area contributed by atoms with Crippen LogP contribution in [-0.2, 0) is 9.59 Å². The summed E-state index contributed by atoms with van der Waals surface area (Å²) >= 11 is 0. The van der Waals surface area contributed by atoms with E-state index in [1.54, 1.807) is 4.90 Å². The Bertz CT molecular complexity index is 834. The van der Waals surface area contributed by atoms with E-state index in [4.69, 9.17) is 5.73 Å². The average Bonchev–Trinajstić information content (AvgIpc) is 3.26. The van der Waals surface area contributed by atoms with E-state index in [0.717, 1.165) is 11.3 Å². The topological polar surface area (TPSA) is 66.6 Å². The van der Waals surface area contributed by atoms with E-state index in [1.807, 2.05) is 54.3 Å². The van der Waals surface area contributed by atoms with E-state index in [0.29, 0.717) is 19.6 Å². The number of anilines is 1. The molecule has 2 amide bonds. The molecule has 0 saturated carbocycles. The van der Waals surface area contributed by atoms with Crippen molar-refractivity contribution in [3.63, 3.8) is 0 Å². The highest BCUT2D eigenvalue weighted by Crippen LogP contribution is 2.31. The Balaban J connectivity index is 1.44. The molecule has 5 heteroatoms. The lowest BCUT2D eigenvalue weighted by atomic mass is 9.95. The van der Waals surface area contributed by atoms with Crippen molar-refractivity contribution >= 4 is 17.5 Å². The number of likely N-dealkylation sites (tertiary alicyclic amines) is 1. The third kappa shape index (κ3) is 3.47. The van der Waals surface area contributed by atoms with Gasteiger partial charge in [0.05, 0.1) is 5.92 Å². The zero-order valence-corrected chi connectivity index (χ0v) is 15.5. The van der Waals surface area contributed by atoms with Gasteiger partial charge in [0.1, 0.15) is 0 Å². The van der Waals surface area contributed by atoms with Crippen molar-refractivity contribution in [2.24, 2.45) is 11.7 Å². The normalized spacial score (nSPS) is 25.3. The number of hydrogen-bond acceptors (Lipinski definition) is 3. The van der Waals surface area contributed by atoms with Gasteiger partial charge in [-0.3, -0.25) is 9.59 Å². The maximum atomic E-state index is 13.0. The first-order valence-electron chi connectivity index (χ1n) is 9.49. The van der Waals surface area contributed by atoms with Crippen LogP contribution >= 0.6 is 0 Å². The Morgan fingerprint density at radius 3 is 2.41 bits per heavy atom. The van der Waals surface area contributed by atoms with Gasteiger partial charge in [-0.15, -0.1) is 0 Å². The second-order valence-electron chi connectivity index (χ2n) is 7.67. The summed E-state index contributed by atoms with van der Waals surface area (Å²) in [5, 5.41) is 0. The van der Waals surface area contributed by atoms with Crippen molar-refractivity contribution < 1.29 is 9.59 Å². The zero-order valence-electron chi connectivity index (χ0n) is 15.5. The number of nitrogens with zero attached hydrogens (tertiary/aromatic N) is 2. The smallest absolute Gasteiger partial charge is 0.228 e. The number of aryl methyl sites for hydroxylation is 1. The van der Waals surface area contributed by atoms with Gasteiger partial charge in [0, 0.05) is 43.7 Å². The minimum atomic E-state index is -0.291. The van der Waals surface area contributed by atoms with Gasteiger partial charge in [-0.1, -0.05) is 48.0 Å². The SMILES string of the molecule is Cc1ccc(N2CC(C(=O)N3C[C@@H](N)[C@H](c4ccccc4)C3)CC2=O)cc1. The molecule has 0 spiro atoms. The molecule has 0 aliphatic carbocycles. The van der Waals surface area contributed by atoms with Crippen LogP contribution in [-0.4, -0.2) is 42.4 Å². The molecule has 4 rings (SSSR count). The predicted octanol–water partition coefficient (Wildman–Crippen LogP) is 2.30. The molecule has 0 bridgehead atoms. The maximum Gasteiger partial charge on any atom is 0.228 e. The van der Waals surface area contributed by atoms with E-state index < -0.39 is 0 Å². The number of hydrogen-bond donors (Lipinski definition) is 1. The summed E-state index contributed by atoms with van der Waals surface area (Å²) in [7, 11) is 0. The second-order valence-corrected chi connectivity index (χ2v) is 7.67. The van der Waals surface area contributed by atoms with Gasteiger partial charge in [-0.05, 0) is 24.6 Å². The number of carbonyl (C=O) groups is 2. The average molecular weight is 363 g/mol. The molecule has 140 valence electrons. The summed E-state index contributed by atoms with van der Waals surface area (Å²) in [4.78, 5) is 29.1. The lowest BCUT2D eigenvalue weighted by Gasteiger charge is -2.21. The first-order valence-corrected chi connectivity index (χ1v) is 9.49. The molecule has 2 fully saturated rings. The van der Waals surface area contributed by atoms with Gasteiger partial charge in [0.25, 0.3) is 0 Å². The fraction of sp³-hybridized carbons (Fsp3) is 0.364. The first kappa shape index (κ1) is 17.7. The predicted molar refractivity (Wildman–Crippen MR) is 105 cm³/mol. The first-order chi connectivity index (χ1) is 13.0. The molecule has 0 aromatic heterocycles. The fourth-order valence-electron chi connectivity index (χ4n) is 4.17. The monoisotopic (exact) mass is 363 g/mol. The summed E-state index contributed by atoms with van der Waals surface area (Å²) in [6, 6.07) is 17.9. The van der Waals surface area contributed by atoms with Crippen LogP contribution in [0.3, 0.4) is 0 Å². The van der Waals surface area contributed by atoms with Crippen molar-refractivity contribution in [1.82, 2.24) is 4.90 Å². The standard InChI is InChI=1S/C22H25N3O2/c1-15-7-9-18(10-8-15)25-12-17(11-21(25)26)22(27)24-13-19(20(23)14-24)16-5-3-2-4-6-16/h2-10,17,19-20H,11-14,23H2,1H3/t17?,19-,20+/m0/s1. The van der Waals surface area contributed by atoms with E-state index >= 15 is 0 Å². The van der Waals surface area contributed by atoms with Gasteiger partial charge in [0.15, 0.2) is 0 Å². The number of carbonyl (C=O) groups excluding carboxylic acids is 2. The number of benzene rings is 2. The molecule has 2 aliphatic rings. The molecule has 2 aromatic rings. The van der Waals surface area contributed by atoms with Crippen molar-refractivity contribution in [2.45, 2.75) is 25.3 Å². The van der Waals surface area contributed by atoms with E-state index in [-0.39, 0.29) is 36.1 Å². The van der Waals surface area contributed by atoms with Crippen LogP contribution in [0.15, 0.2) is 54.6 Å². The van der Waals surface area contributed by atoms with Gasteiger partial charge in [-0.2, -0.15) is 0 Å². The summed E-state index contributed by atoms with van der Waals surface area (Å²) in [6.45, 7) is 3.64. The van der Waals surface area contributed by atoms with Crippen LogP contribution in [0.1, 0.15) is 23.5 Å². The summed E-state index contributed by atoms with van der Waals surface area (Å²) < 4.78 is 0. The van der Waals surface area contributed by atoms with Crippen LogP contribution in [0, 0.1) is 12.8 Å². The molecule has 2 aromatic carbocycles. The molecule has 5 nitrogen and oxygen atoms in total. The zero-order chi connectivity index (χ0) is 19.0. The third-order valence-corrected chi connectivity index (χ3v) is 5.72. The molecule has 2 aliphatic heterocycles. The van der Waals surface area contributed by atoms with Crippen LogP contribution in [0.4, 0.5) is 5.69 Å². The van der Waals surface area contributed by atoms with Gasteiger partial charge < -0.3 is 15.5 Å². The molecule has 2 heterocycles. The Labute approximate surface area is 159 Å². The number of rotatable bonds is 3. The summed E-state index contributed by atoms with van der Waals surface area (Å²) in [6.07, 6.45) is 0.272. The summed E-state index contributed by atoms with van der Waals surface area (Å²) in [5.41, 5.74) is 9.51. The van der Waals surface area contributed by atoms with Crippen LogP contribution in [0.25, 0.3) is 0 Å². The molecule has 2 N–H and O–H groups in total. The molecule has 27 heavy (non-hydrogen) atoms. The second kappa shape index (κ2) is 7.16. The number of nitrogens with two attached hydrogens (primary N) is 1. The Kier molecular flexibility index (Phi) is 4.70. The number of amides is 2. The van der Waals surface area contributed by atoms with Gasteiger partial charge in [0.2, 0.25) is 11.8 Å². The molecular formula is C22H25N3O2. The summed E-state index contributed by atoms with van der Waals surface area (Å²) in [5.74, 6) is -0.0758. The van der Waals surface area contributed by atoms with Gasteiger partial charge in [-0.25, -0.2) is 0 Å². The molecule has 0 radical (unpaired) electrons. The third-order valence-electron chi connectivity index (χ3n) is 5.72. The minimum absolute atomic E-state index is 0.0142. The van der Waals surface area contributed by atoms with E-state index in [2.05, 4.69) is 12.1 Å². The largest absolute Gasteiger partial charge is 0.340 e. The maximum absolute atomic E-state index is 13.0. The van der Waals surface area contributed by atoms with Crippen LogP contribution in [0.2, 0.25) is 0 Å². The highest BCUT2D eigenvalue weighted by Gasteiger charge is 2.41. The molecular weight excluding hydrogens is 338 g/mol. The van der Waals surface area contributed by atoms with Crippen molar-refractivity contribution in [2.75, 3.05) is 24.5 Å². The van der Waals surface area contributed by atoms with Gasteiger partial charge >= 0.3 is 0 Å². The lowest BCUT2D eigenvalue weighted by Crippen LogP contribution is -2.37. The van der Waals surface area contributed by atoms with E-state index in [9.17, 15) is 9.59 Å². The van der Waals surface area contributed by atoms with Crippen molar-refractivity contribution in [1.29, 1.82) is 0 Å². The van der Waals surface area contributed by atoms with Crippen LogP contribution < -0.4 is 10.6 Å². The highest BCUT2D eigenvalue weighted by molar-refractivity contribution is 6.00. The Morgan fingerprint density at radius 2 is 1.70 bits per heavy atom. The van der Waals surface area contributed by atoms with Crippen molar-refractivity contribution in [3.05, 3.63) is 65.7 Å². The van der Waals surface area contributed by atoms with Crippen LogP contribution in [0.5, 0.6) is 0 Å². The lowest BCUT2D eigenvalue weighted by molar-refractivity contribution is -0.134. The highest BCUT2D eigenvalue weighted by atomic mass is 16.2.